The summed E-state index contributed by atoms with van der Waals surface area (Å²) in [6, 6.07) is 4.21. The fraction of sp³-hybridized carbons (Fsp3) is 0.471. The van der Waals surface area contributed by atoms with Crippen molar-refractivity contribution in [2.45, 2.75) is 26.7 Å². The highest BCUT2D eigenvalue weighted by Crippen LogP contribution is 2.20. The second-order valence-corrected chi connectivity index (χ2v) is 7.42. The van der Waals surface area contributed by atoms with Gasteiger partial charge in [0, 0.05) is 30.4 Å². The Balaban J connectivity index is 0.00000338. The molecule has 1 amide bonds. The minimum absolute atomic E-state index is 0. The fourth-order valence-corrected chi connectivity index (χ4v) is 3.69. The average Bonchev–Trinajstić information content (AvgIpc) is 3.27. The van der Waals surface area contributed by atoms with E-state index in [9.17, 15) is 4.79 Å². The predicted molar refractivity (Wildman–Crippen MR) is 121 cm³/mol. The molecule has 0 saturated carbocycles. The molecule has 0 aliphatic carbocycles. The van der Waals surface area contributed by atoms with Crippen molar-refractivity contribution in [3.63, 3.8) is 0 Å². The molecule has 2 heterocycles. The lowest BCUT2D eigenvalue weighted by Crippen LogP contribution is -2.41. The quantitative estimate of drug-likeness (QED) is 0.222. The third-order valence-corrected chi connectivity index (χ3v) is 5.58. The number of carbonyl (C=O) groups excluding carboxylic acids is 1. The van der Waals surface area contributed by atoms with Gasteiger partial charge in [0.2, 0.25) is 0 Å². The lowest BCUT2D eigenvalue weighted by molar-refractivity contribution is 0.0957. The summed E-state index contributed by atoms with van der Waals surface area (Å²) in [7, 11) is 0. The Morgan fingerprint density at radius 1 is 1.27 bits per heavy atom. The minimum Gasteiger partial charge on any atom is -0.357 e. The average molecular weight is 507 g/mol. The molecule has 1 unspecified atom stereocenters. The van der Waals surface area contributed by atoms with Crippen LogP contribution < -0.4 is 16.0 Å². The van der Waals surface area contributed by atoms with Gasteiger partial charge in [-0.05, 0) is 25.3 Å². The van der Waals surface area contributed by atoms with Crippen LogP contribution in [0.3, 0.4) is 0 Å². The van der Waals surface area contributed by atoms with Gasteiger partial charge >= 0.3 is 0 Å². The standard InChI is InChI=1S/C17H25N5OS2.HI/c1-4-18-17(21-10-12(2)14-6-5-9-24-14)20-8-7-19-16(23)15-13(3)22-11-25-15;/h5-6,9,11-12H,4,7-8,10H2,1-3H3,(H,19,23)(H2,18,20,21);1H. The van der Waals surface area contributed by atoms with Crippen LogP contribution in [0.2, 0.25) is 0 Å². The second kappa shape index (κ2) is 12.2. The summed E-state index contributed by atoms with van der Waals surface area (Å²) in [4.78, 5) is 22.8. The van der Waals surface area contributed by atoms with Gasteiger partial charge in [-0.2, -0.15) is 0 Å². The van der Waals surface area contributed by atoms with E-state index in [4.69, 9.17) is 0 Å². The zero-order valence-electron chi connectivity index (χ0n) is 15.2. The third-order valence-electron chi connectivity index (χ3n) is 3.55. The van der Waals surface area contributed by atoms with Crippen molar-refractivity contribution >= 4 is 58.5 Å². The van der Waals surface area contributed by atoms with Crippen LogP contribution in [0.15, 0.2) is 28.0 Å². The number of aromatic nitrogens is 1. The van der Waals surface area contributed by atoms with Crippen LogP contribution in [0.4, 0.5) is 0 Å². The number of hydrogen-bond acceptors (Lipinski definition) is 5. The van der Waals surface area contributed by atoms with Crippen molar-refractivity contribution in [1.82, 2.24) is 20.9 Å². The molecule has 0 aliphatic rings. The zero-order chi connectivity index (χ0) is 18.1. The number of aryl methyl sites for hydroxylation is 1. The molecule has 0 bridgehead atoms. The number of thiazole rings is 1. The zero-order valence-corrected chi connectivity index (χ0v) is 19.2. The Morgan fingerprint density at radius 2 is 2.04 bits per heavy atom. The Labute approximate surface area is 179 Å². The van der Waals surface area contributed by atoms with Gasteiger partial charge in [-0.3, -0.25) is 9.79 Å². The van der Waals surface area contributed by atoms with Gasteiger partial charge in [-0.25, -0.2) is 4.98 Å². The van der Waals surface area contributed by atoms with E-state index < -0.39 is 0 Å². The first-order valence-electron chi connectivity index (χ1n) is 8.35. The van der Waals surface area contributed by atoms with Crippen molar-refractivity contribution in [2.24, 2.45) is 4.99 Å². The third kappa shape index (κ3) is 7.20. The van der Waals surface area contributed by atoms with Gasteiger partial charge < -0.3 is 16.0 Å². The lowest BCUT2D eigenvalue weighted by Gasteiger charge is -2.13. The van der Waals surface area contributed by atoms with Gasteiger partial charge in [0.05, 0.1) is 17.7 Å². The van der Waals surface area contributed by atoms with Crippen molar-refractivity contribution < 1.29 is 4.79 Å². The Morgan fingerprint density at radius 3 is 2.65 bits per heavy atom. The Kier molecular flexibility index (Phi) is 10.7. The predicted octanol–water partition coefficient (Wildman–Crippen LogP) is 3.22. The summed E-state index contributed by atoms with van der Waals surface area (Å²) >= 11 is 3.12. The van der Waals surface area contributed by atoms with Crippen LogP contribution in [-0.2, 0) is 0 Å². The first-order chi connectivity index (χ1) is 12.1. The summed E-state index contributed by atoms with van der Waals surface area (Å²) in [5, 5.41) is 11.5. The number of hydrogen-bond donors (Lipinski definition) is 3. The van der Waals surface area contributed by atoms with Crippen molar-refractivity contribution in [1.29, 1.82) is 0 Å². The number of carbonyl (C=O) groups is 1. The van der Waals surface area contributed by atoms with E-state index in [1.165, 1.54) is 16.2 Å². The first-order valence-corrected chi connectivity index (χ1v) is 10.1. The van der Waals surface area contributed by atoms with E-state index in [1.807, 2.05) is 13.8 Å². The van der Waals surface area contributed by atoms with Crippen molar-refractivity contribution in [3.05, 3.63) is 38.5 Å². The van der Waals surface area contributed by atoms with E-state index in [2.05, 4.69) is 50.4 Å². The van der Waals surface area contributed by atoms with E-state index in [1.54, 1.807) is 16.8 Å². The van der Waals surface area contributed by atoms with E-state index in [-0.39, 0.29) is 29.9 Å². The second-order valence-electron chi connectivity index (χ2n) is 5.59. The molecule has 1 atom stereocenters. The van der Waals surface area contributed by atoms with Crippen LogP contribution >= 0.6 is 46.7 Å². The molecule has 0 radical (unpaired) electrons. The topological polar surface area (TPSA) is 78.4 Å². The number of nitrogens with one attached hydrogen (secondary N) is 3. The Hall–Kier alpha value is -1.20. The molecule has 144 valence electrons. The van der Waals surface area contributed by atoms with Crippen LogP contribution in [0, 0.1) is 6.92 Å². The molecule has 0 aliphatic heterocycles. The van der Waals surface area contributed by atoms with Gasteiger partial charge in [0.15, 0.2) is 5.96 Å². The molecule has 0 spiro atoms. The monoisotopic (exact) mass is 507 g/mol. The number of guanidine groups is 1. The molecule has 0 saturated heterocycles. The number of nitrogens with zero attached hydrogens (tertiary/aromatic N) is 2. The fourth-order valence-electron chi connectivity index (χ4n) is 2.19. The largest absolute Gasteiger partial charge is 0.357 e. The highest BCUT2D eigenvalue weighted by molar-refractivity contribution is 14.0. The molecule has 2 aromatic rings. The molecule has 9 heteroatoms. The van der Waals surface area contributed by atoms with Gasteiger partial charge in [-0.15, -0.1) is 46.7 Å². The van der Waals surface area contributed by atoms with Crippen LogP contribution in [0.25, 0.3) is 0 Å². The minimum atomic E-state index is -0.0740. The number of rotatable bonds is 8. The summed E-state index contributed by atoms with van der Waals surface area (Å²) < 4.78 is 0. The van der Waals surface area contributed by atoms with E-state index >= 15 is 0 Å². The summed E-state index contributed by atoms with van der Waals surface area (Å²) in [6.45, 7) is 8.72. The molecule has 3 N–H and O–H groups in total. The SMILES string of the molecule is CCNC(=NCC(C)c1cccs1)NCCNC(=O)c1scnc1C.I. The van der Waals surface area contributed by atoms with E-state index in [0.717, 1.165) is 24.7 Å². The summed E-state index contributed by atoms with van der Waals surface area (Å²) in [5.41, 5.74) is 2.46. The molecule has 6 nitrogen and oxygen atoms in total. The molecule has 2 rings (SSSR count). The maximum Gasteiger partial charge on any atom is 0.263 e. The van der Waals surface area contributed by atoms with Crippen LogP contribution in [0.1, 0.15) is 40.0 Å². The molecule has 26 heavy (non-hydrogen) atoms. The summed E-state index contributed by atoms with van der Waals surface area (Å²) in [5.74, 6) is 1.09. The summed E-state index contributed by atoms with van der Waals surface area (Å²) in [6.07, 6.45) is 0. The van der Waals surface area contributed by atoms with Gasteiger partial charge in [-0.1, -0.05) is 13.0 Å². The van der Waals surface area contributed by atoms with Gasteiger partial charge in [0.25, 0.3) is 5.91 Å². The number of amides is 1. The highest BCUT2D eigenvalue weighted by Gasteiger charge is 2.11. The maximum absolute atomic E-state index is 12.0. The van der Waals surface area contributed by atoms with Crippen molar-refractivity contribution in [2.75, 3.05) is 26.2 Å². The Bertz CT molecular complexity index is 687. The first kappa shape index (κ1) is 22.8. The number of thiophene rings is 1. The lowest BCUT2D eigenvalue weighted by atomic mass is 10.1. The smallest absolute Gasteiger partial charge is 0.263 e. The van der Waals surface area contributed by atoms with Crippen LogP contribution in [0.5, 0.6) is 0 Å². The molecular weight excluding hydrogens is 481 g/mol. The molecular formula is C17H26IN5OS2. The van der Waals surface area contributed by atoms with E-state index in [0.29, 0.717) is 23.9 Å². The highest BCUT2D eigenvalue weighted by atomic mass is 127. The normalized spacial score (nSPS) is 12.2. The maximum atomic E-state index is 12.0. The van der Waals surface area contributed by atoms with Gasteiger partial charge in [0.1, 0.15) is 4.88 Å². The number of halogens is 1. The molecule has 0 fully saturated rings. The van der Waals surface area contributed by atoms with Crippen LogP contribution in [-0.4, -0.2) is 43.0 Å². The van der Waals surface area contributed by atoms with Crippen molar-refractivity contribution in [3.8, 4) is 0 Å². The molecule has 2 aromatic heterocycles. The number of aliphatic imine (C=N–C) groups is 1. The molecule has 0 aromatic carbocycles.